The van der Waals surface area contributed by atoms with Gasteiger partial charge in [-0.05, 0) is 56.9 Å². The van der Waals surface area contributed by atoms with Gasteiger partial charge >= 0.3 is 22.5 Å². The van der Waals surface area contributed by atoms with Crippen LogP contribution in [0.5, 0.6) is 0 Å². The largest absolute Gasteiger partial charge is 0.386 e. The molecule has 2 heterocycles. The van der Waals surface area contributed by atoms with Gasteiger partial charge in [-0.25, -0.2) is 19.2 Å². The number of hydrogen-bond donors (Lipinski definition) is 0. The van der Waals surface area contributed by atoms with E-state index in [2.05, 4.69) is 0 Å². The molecule has 5 aromatic carbocycles. The number of benzene rings is 5. The van der Waals surface area contributed by atoms with Crippen molar-refractivity contribution in [3.05, 3.63) is 127 Å². The molecule has 7 rings (SSSR count). The average molecular weight is 470 g/mol. The predicted octanol–water partition coefficient (Wildman–Crippen LogP) is 5.14. The third-order valence-electron chi connectivity index (χ3n) is 6.74. The second-order valence-electron chi connectivity index (χ2n) is 8.73. The number of furan rings is 2. The molecule has 170 valence electrons. The van der Waals surface area contributed by atoms with Crippen molar-refractivity contribution in [2.24, 2.45) is 0 Å². The number of fused-ring (bicyclic) bond motifs is 4. The quantitative estimate of drug-likeness (QED) is 0.325. The van der Waals surface area contributed by atoms with E-state index in [1.807, 2.05) is 72.8 Å². The van der Waals surface area contributed by atoms with Crippen molar-refractivity contribution in [3.63, 3.8) is 0 Å². The first kappa shape index (κ1) is 20.3. The van der Waals surface area contributed by atoms with Gasteiger partial charge < -0.3 is 8.83 Å². The van der Waals surface area contributed by atoms with Gasteiger partial charge in [0.15, 0.2) is 0 Å². The summed E-state index contributed by atoms with van der Waals surface area (Å²) < 4.78 is 9.93. The molecule has 0 unspecified atom stereocenters. The van der Waals surface area contributed by atoms with E-state index < -0.39 is 22.5 Å². The lowest BCUT2D eigenvalue weighted by Gasteiger charge is -2.13. The second kappa shape index (κ2) is 7.20. The van der Waals surface area contributed by atoms with Crippen LogP contribution in [-0.4, -0.2) is 0 Å². The molecular weight excluding hydrogens is 456 g/mol. The summed E-state index contributed by atoms with van der Waals surface area (Å²) >= 11 is 0. The standard InChI is InChI=1S/C30H14O6/c31-27-21-13-17-12-20-18(11-19(17)23(25(21)29(33)35-27)15-7-3-1-4-8-15)14-22-26(30(34)36-28(22)32)24(20)16-9-5-2-6-10-16/h1-14H. The topological polar surface area (TPSA) is 94.6 Å². The highest BCUT2D eigenvalue weighted by Crippen LogP contribution is 2.40. The maximum Gasteiger partial charge on any atom is 0.347 e. The summed E-state index contributed by atoms with van der Waals surface area (Å²) in [5, 5.41) is 3.66. The van der Waals surface area contributed by atoms with Crippen molar-refractivity contribution in [2.45, 2.75) is 0 Å². The Morgan fingerprint density at radius 3 is 1.17 bits per heavy atom. The molecule has 7 aromatic rings. The Bertz CT molecular complexity index is 2050. The van der Waals surface area contributed by atoms with Crippen molar-refractivity contribution in [1.29, 1.82) is 0 Å². The highest BCUT2D eigenvalue weighted by molar-refractivity contribution is 6.20. The fourth-order valence-corrected chi connectivity index (χ4v) is 5.23. The SMILES string of the molecule is O=c1oc(=O)c2c(-c3ccccc3)c3cc4cc5c(=O)oc(=O)c5c(-c5ccccc5)c4cc3cc12. The van der Waals surface area contributed by atoms with Gasteiger partial charge in [-0.3, -0.25) is 0 Å². The molecule has 0 saturated heterocycles. The van der Waals surface area contributed by atoms with Gasteiger partial charge in [0, 0.05) is 11.1 Å². The Morgan fingerprint density at radius 1 is 0.417 bits per heavy atom. The van der Waals surface area contributed by atoms with E-state index in [-0.39, 0.29) is 21.5 Å². The van der Waals surface area contributed by atoms with Crippen molar-refractivity contribution in [1.82, 2.24) is 0 Å². The van der Waals surface area contributed by atoms with Crippen LogP contribution < -0.4 is 22.5 Å². The molecule has 36 heavy (non-hydrogen) atoms. The third-order valence-corrected chi connectivity index (χ3v) is 6.74. The summed E-state index contributed by atoms with van der Waals surface area (Å²) in [5.74, 6) is 0. The predicted molar refractivity (Wildman–Crippen MR) is 139 cm³/mol. The van der Waals surface area contributed by atoms with Gasteiger partial charge in [0.1, 0.15) is 0 Å². The fourth-order valence-electron chi connectivity index (χ4n) is 5.23. The molecule has 0 saturated carbocycles. The number of hydrogen-bond acceptors (Lipinski definition) is 6. The molecule has 0 spiro atoms. The fraction of sp³-hybridized carbons (Fsp3) is 0. The molecule has 0 aliphatic carbocycles. The summed E-state index contributed by atoms with van der Waals surface area (Å²) in [6.45, 7) is 0. The summed E-state index contributed by atoms with van der Waals surface area (Å²) in [6.07, 6.45) is 0. The zero-order valence-electron chi connectivity index (χ0n) is 18.5. The van der Waals surface area contributed by atoms with Crippen molar-refractivity contribution < 1.29 is 8.83 Å². The maximum absolute atomic E-state index is 12.7. The highest BCUT2D eigenvalue weighted by atomic mass is 16.4. The first-order valence-electron chi connectivity index (χ1n) is 11.3. The Labute approximate surface area is 201 Å². The first-order chi connectivity index (χ1) is 17.5. The molecule has 6 heteroatoms. The van der Waals surface area contributed by atoms with E-state index >= 15 is 0 Å². The van der Waals surface area contributed by atoms with Crippen LogP contribution in [0.15, 0.2) is 113 Å². The van der Waals surface area contributed by atoms with E-state index in [1.165, 1.54) is 0 Å². The molecule has 0 radical (unpaired) electrons. The first-order valence-corrected chi connectivity index (χ1v) is 11.3. The average Bonchev–Trinajstić information content (AvgIpc) is 3.34. The minimum absolute atomic E-state index is 0.197. The van der Waals surface area contributed by atoms with E-state index in [1.54, 1.807) is 12.1 Å². The van der Waals surface area contributed by atoms with Crippen molar-refractivity contribution in [3.8, 4) is 22.3 Å². The van der Waals surface area contributed by atoms with E-state index in [0.717, 1.165) is 21.9 Å². The van der Waals surface area contributed by atoms with Gasteiger partial charge in [-0.15, -0.1) is 0 Å². The highest BCUT2D eigenvalue weighted by Gasteiger charge is 2.22. The monoisotopic (exact) mass is 470 g/mol. The lowest BCUT2D eigenvalue weighted by Crippen LogP contribution is -1.97. The molecule has 0 aliphatic heterocycles. The zero-order chi connectivity index (χ0) is 24.6. The van der Waals surface area contributed by atoms with Gasteiger partial charge in [0.25, 0.3) is 0 Å². The summed E-state index contributed by atoms with van der Waals surface area (Å²) in [5.41, 5.74) is -0.0923. The molecule has 0 bridgehead atoms. The lowest BCUT2D eigenvalue weighted by atomic mass is 9.88. The summed E-state index contributed by atoms with van der Waals surface area (Å²) in [4.78, 5) is 50.5. The molecule has 2 aromatic heterocycles. The minimum atomic E-state index is -0.694. The van der Waals surface area contributed by atoms with Gasteiger partial charge in [-0.1, -0.05) is 60.7 Å². The number of rotatable bonds is 2. The molecule has 6 nitrogen and oxygen atoms in total. The lowest BCUT2D eigenvalue weighted by molar-refractivity contribution is 0.499. The van der Waals surface area contributed by atoms with Crippen LogP contribution in [0.1, 0.15) is 0 Å². The summed E-state index contributed by atoms with van der Waals surface area (Å²) in [7, 11) is 0. The Hall–Kier alpha value is -5.10. The molecule has 0 amide bonds. The van der Waals surface area contributed by atoms with Crippen LogP contribution >= 0.6 is 0 Å². The van der Waals surface area contributed by atoms with E-state index in [4.69, 9.17) is 8.83 Å². The van der Waals surface area contributed by atoms with Crippen molar-refractivity contribution in [2.75, 3.05) is 0 Å². The normalized spacial score (nSPS) is 11.8. The van der Waals surface area contributed by atoms with E-state index in [0.29, 0.717) is 21.9 Å². The van der Waals surface area contributed by atoms with E-state index in [9.17, 15) is 19.2 Å². The molecule has 0 N–H and O–H groups in total. The third kappa shape index (κ3) is 2.72. The van der Waals surface area contributed by atoms with Crippen molar-refractivity contribution >= 4 is 43.1 Å². The van der Waals surface area contributed by atoms with Crippen LogP contribution in [0, 0.1) is 0 Å². The molecule has 0 fully saturated rings. The van der Waals surface area contributed by atoms with Crippen LogP contribution in [0.2, 0.25) is 0 Å². The van der Waals surface area contributed by atoms with Crippen LogP contribution in [0.3, 0.4) is 0 Å². The summed E-state index contributed by atoms with van der Waals surface area (Å²) in [6, 6.07) is 25.7. The smallest absolute Gasteiger partial charge is 0.347 e. The van der Waals surface area contributed by atoms with Crippen LogP contribution in [0.4, 0.5) is 0 Å². The molecular formula is C30H14O6. The second-order valence-corrected chi connectivity index (χ2v) is 8.73. The Kier molecular flexibility index (Phi) is 4.06. The Balaban J connectivity index is 1.75. The molecule has 0 atom stereocenters. The van der Waals surface area contributed by atoms with Crippen LogP contribution in [0.25, 0.3) is 65.3 Å². The maximum atomic E-state index is 12.7. The van der Waals surface area contributed by atoms with Crippen LogP contribution in [-0.2, 0) is 0 Å². The minimum Gasteiger partial charge on any atom is -0.386 e. The van der Waals surface area contributed by atoms with Gasteiger partial charge in [-0.2, -0.15) is 0 Å². The van der Waals surface area contributed by atoms with Gasteiger partial charge in [0.05, 0.1) is 21.5 Å². The van der Waals surface area contributed by atoms with Gasteiger partial charge in [0.2, 0.25) is 0 Å². The Morgan fingerprint density at radius 2 is 0.778 bits per heavy atom. The zero-order valence-corrected chi connectivity index (χ0v) is 18.5. The molecule has 0 aliphatic rings.